The number of hydrogen-bond donors (Lipinski definition) is 1. The highest BCUT2D eigenvalue weighted by atomic mass is 19.1. The Bertz CT molecular complexity index is 1240. The maximum atomic E-state index is 13.3. The van der Waals surface area contributed by atoms with Gasteiger partial charge in [0.15, 0.2) is 0 Å². The summed E-state index contributed by atoms with van der Waals surface area (Å²) >= 11 is 0. The SMILES string of the molecule is Cc1cccc(C)c1OCCn1cccc1C=C1C(=O)NC(=O)N(c2ccc(F)cc2)C1=O. The van der Waals surface area contributed by atoms with E-state index in [-0.39, 0.29) is 11.3 Å². The first-order valence-electron chi connectivity index (χ1n) is 10.4. The Hall–Kier alpha value is -4.20. The summed E-state index contributed by atoms with van der Waals surface area (Å²) in [6, 6.07) is 13.5. The van der Waals surface area contributed by atoms with Crippen molar-refractivity contribution in [3.05, 3.63) is 89.0 Å². The van der Waals surface area contributed by atoms with E-state index in [1.807, 2.05) is 42.8 Å². The number of imide groups is 2. The average molecular weight is 447 g/mol. The summed E-state index contributed by atoms with van der Waals surface area (Å²) in [7, 11) is 0. The molecule has 7 nitrogen and oxygen atoms in total. The molecule has 8 heteroatoms. The predicted molar refractivity (Wildman–Crippen MR) is 121 cm³/mol. The molecule has 1 aliphatic heterocycles. The van der Waals surface area contributed by atoms with Crippen molar-refractivity contribution in [2.24, 2.45) is 0 Å². The zero-order chi connectivity index (χ0) is 23.5. The molecular formula is C25H22FN3O4. The van der Waals surface area contributed by atoms with Gasteiger partial charge in [0.2, 0.25) is 0 Å². The number of para-hydroxylation sites is 1. The summed E-state index contributed by atoms with van der Waals surface area (Å²) in [6.07, 6.45) is 3.24. The number of anilines is 1. The Morgan fingerprint density at radius 1 is 0.970 bits per heavy atom. The highest BCUT2D eigenvalue weighted by Gasteiger charge is 2.37. The number of barbiturate groups is 1. The normalized spacial score (nSPS) is 15.2. The Kier molecular flexibility index (Phi) is 6.08. The Morgan fingerprint density at radius 2 is 1.67 bits per heavy atom. The first kappa shape index (κ1) is 22.0. The van der Waals surface area contributed by atoms with Crippen molar-refractivity contribution in [2.45, 2.75) is 20.4 Å². The van der Waals surface area contributed by atoms with Crippen LogP contribution in [0.15, 0.2) is 66.4 Å². The van der Waals surface area contributed by atoms with Crippen LogP contribution < -0.4 is 15.0 Å². The third-order valence-electron chi connectivity index (χ3n) is 5.33. The van der Waals surface area contributed by atoms with Gasteiger partial charge in [0.1, 0.15) is 23.7 Å². The van der Waals surface area contributed by atoms with Crippen molar-refractivity contribution >= 4 is 29.6 Å². The molecule has 1 N–H and O–H groups in total. The minimum absolute atomic E-state index is 0.162. The molecule has 0 unspecified atom stereocenters. The second-order valence-electron chi connectivity index (χ2n) is 7.63. The average Bonchev–Trinajstić information content (AvgIpc) is 3.21. The molecule has 0 saturated carbocycles. The molecule has 3 aromatic rings. The summed E-state index contributed by atoms with van der Waals surface area (Å²) in [5.41, 5.74) is 2.65. The van der Waals surface area contributed by atoms with Gasteiger partial charge in [0.25, 0.3) is 11.8 Å². The maximum absolute atomic E-state index is 13.3. The van der Waals surface area contributed by atoms with Gasteiger partial charge in [-0.05, 0) is 67.4 Å². The van der Waals surface area contributed by atoms with Gasteiger partial charge in [-0.15, -0.1) is 0 Å². The lowest BCUT2D eigenvalue weighted by molar-refractivity contribution is -0.122. The minimum atomic E-state index is -0.883. The van der Waals surface area contributed by atoms with Crippen molar-refractivity contribution in [1.29, 1.82) is 0 Å². The van der Waals surface area contributed by atoms with Gasteiger partial charge < -0.3 is 9.30 Å². The van der Waals surface area contributed by atoms with E-state index in [0.29, 0.717) is 18.8 Å². The van der Waals surface area contributed by atoms with E-state index < -0.39 is 23.7 Å². The minimum Gasteiger partial charge on any atom is -0.491 e. The molecule has 2 heterocycles. The van der Waals surface area contributed by atoms with E-state index in [0.717, 1.165) is 33.9 Å². The number of ether oxygens (including phenoxy) is 1. The molecule has 1 saturated heterocycles. The van der Waals surface area contributed by atoms with Crippen LogP contribution in [0.4, 0.5) is 14.9 Å². The molecule has 0 spiro atoms. The second kappa shape index (κ2) is 9.12. The van der Waals surface area contributed by atoms with Crippen LogP contribution >= 0.6 is 0 Å². The van der Waals surface area contributed by atoms with E-state index in [2.05, 4.69) is 5.32 Å². The molecule has 168 valence electrons. The van der Waals surface area contributed by atoms with E-state index in [1.165, 1.54) is 18.2 Å². The second-order valence-corrected chi connectivity index (χ2v) is 7.63. The van der Waals surface area contributed by atoms with E-state index >= 15 is 0 Å². The number of urea groups is 1. The largest absolute Gasteiger partial charge is 0.491 e. The van der Waals surface area contributed by atoms with Crippen molar-refractivity contribution in [3.63, 3.8) is 0 Å². The highest BCUT2D eigenvalue weighted by molar-refractivity contribution is 6.39. The summed E-state index contributed by atoms with van der Waals surface area (Å²) in [4.78, 5) is 38.5. The molecule has 1 aliphatic rings. The molecule has 1 aromatic heterocycles. The lowest BCUT2D eigenvalue weighted by atomic mass is 10.1. The Balaban J connectivity index is 1.54. The number of benzene rings is 2. The van der Waals surface area contributed by atoms with Crippen molar-refractivity contribution in [3.8, 4) is 5.75 Å². The summed E-state index contributed by atoms with van der Waals surface area (Å²) < 4.78 is 21.1. The Labute approximate surface area is 190 Å². The van der Waals surface area contributed by atoms with Gasteiger partial charge in [0.05, 0.1) is 12.2 Å². The molecule has 4 rings (SSSR count). The zero-order valence-corrected chi connectivity index (χ0v) is 18.2. The molecular weight excluding hydrogens is 425 g/mol. The fourth-order valence-corrected chi connectivity index (χ4v) is 3.66. The monoisotopic (exact) mass is 447 g/mol. The fourth-order valence-electron chi connectivity index (χ4n) is 3.66. The first-order chi connectivity index (χ1) is 15.8. The van der Waals surface area contributed by atoms with Crippen LogP contribution in [-0.2, 0) is 16.1 Å². The number of nitrogens with one attached hydrogen (secondary N) is 1. The van der Waals surface area contributed by atoms with Crippen molar-refractivity contribution < 1.29 is 23.5 Å². The van der Waals surface area contributed by atoms with Crippen LogP contribution in [0.3, 0.4) is 0 Å². The van der Waals surface area contributed by atoms with Gasteiger partial charge in [-0.1, -0.05) is 18.2 Å². The van der Waals surface area contributed by atoms with E-state index in [9.17, 15) is 18.8 Å². The van der Waals surface area contributed by atoms with Gasteiger partial charge in [-0.25, -0.2) is 14.1 Å². The van der Waals surface area contributed by atoms with Crippen molar-refractivity contribution in [2.75, 3.05) is 11.5 Å². The van der Waals surface area contributed by atoms with Gasteiger partial charge >= 0.3 is 6.03 Å². The first-order valence-corrected chi connectivity index (χ1v) is 10.4. The van der Waals surface area contributed by atoms with Crippen LogP contribution in [0, 0.1) is 19.7 Å². The number of halogens is 1. The summed E-state index contributed by atoms with van der Waals surface area (Å²) in [6.45, 7) is 4.83. The summed E-state index contributed by atoms with van der Waals surface area (Å²) in [5.74, 6) is -1.24. The number of nitrogens with zero attached hydrogens (tertiary/aromatic N) is 2. The van der Waals surface area contributed by atoms with E-state index in [1.54, 1.807) is 12.1 Å². The molecule has 1 fully saturated rings. The molecule has 0 atom stereocenters. The maximum Gasteiger partial charge on any atom is 0.335 e. The number of carbonyl (C=O) groups excluding carboxylic acids is 3. The number of carbonyl (C=O) groups is 3. The molecule has 0 aliphatic carbocycles. The number of hydrogen-bond acceptors (Lipinski definition) is 4. The van der Waals surface area contributed by atoms with Crippen LogP contribution in [0.5, 0.6) is 5.75 Å². The lowest BCUT2D eigenvalue weighted by Crippen LogP contribution is -2.54. The van der Waals surface area contributed by atoms with Gasteiger partial charge in [-0.3, -0.25) is 14.9 Å². The van der Waals surface area contributed by atoms with Crippen LogP contribution in [0.1, 0.15) is 16.8 Å². The third-order valence-corrected chi connectivity index (χ3v) is 5.33. The van der Waals surface area contributed by atoms with Crippen LogP contribution in [0.2, 0.25) is 0 Å². The number of rotatable bonds is 6. The lowest BCUT2D eigenvalue weighted by Gasteiger charge is -2.26. The van der Waals surface area contributed by atoms with Gasteiger partial charge in [0, 0.05) is 11.9 Å². The highest BCUT2D eigenvalue weighted by Crippen LogP contribution is 2.24. The Morgan fingerprint density at radius 3 is 2.36 bits per heavy atom. The topological polar surface area (TPSA) is 80.6 Å². The zero-order valence-electron chi connectivity index (χ0n) is 18.2. The summed E-state index contributed by atoms with van der Waals surface area (Å²) in [5, 5.41) is 2.16. The third kappa shape index (κ3) is 4.55. The fraction of sp³-hybridized carbons (Fsp3) is 0.160. The number of amides is 4. The smallest absolute Gasteiger partial charge is 0.335 e. The van der Waals surface area contributed by atoms with Crippen LogP contribution in [0.25, 0.3) is 6.08 Å². The van der Waals surface area contributed by atoms with E-state index in [4.69, 9.17) is 4.74 Å². The molecule has 33 heavy (non-hydrogen) atoms. The number of aromatic nitrogens is 1. The standard InChI is InChI=1S/C25H22FN3O4/c1-16-5-3-6-17(2)22(16)33-14-13-28-12-4-7-20(28)15-21-23(30)27-25(32)29(24(21)31)19-10-8-18(26)9-11-19/h3-12,15H,13-14H2,1-2H3,(H,27,30,32). The molecule has 0 radical (unpaired) electrons. The molecule has 0 bridgehead atoms. The van der Waals surface area contributed by atoms with Gasteiger partial charge in [-0.2, -0.15) is 0 Å². The molecule has 4 amide bonds. The van der Waals surface area contributed by atoms with Crippen LogP contribution in [-0.4, -0.2) is 29.0 Å². The quantitative estimate of drug-likeness (QED) is 0.458. The van der Waals surface area contributed by atoms with Crippen molar-refractivity contribution in [1.82, 2.24) is 9.88 Å². The molecule has 2 aromatic carbocycles. The predicted octanol–water partition coefficient (Wildman–Crippen LogP) is 3.99. The number of aryl methyl sites for hydroxylation is 2.